The topological polar surface area (TPSA) is 82.9 Å². The van der Waals surface area contributed by atoms with Crippen molar-refractivity contribution >= 4 is 15.9 Å². The van der Waals surface area contributed by atoms with Crippen LogP contribution < -0.4 is 5.32 Å². The van der Waals surface area contributed by atoms with Gasteiger partial charge in [0.25, 0.3) is 0 Å². The zero-order chi connectivity index (χ0) is 15.6. The highest BCUT2D eigenvalue weighted by Crippen LogP contribution is 2.31. The van der Waals surface area contributed by atoms with E-state index in [1.54, 1.807) is 16.6 Å². The number of furan rings is 1. The number of amides is 1. The van der Waals surface area contributed by atoms with Gasteiger partial charge in [0.15, 0.2) is 0 Å². The summed E-state index contributed by atoms with van der Waals surface area (Å²) in [4.78, 5) is 13.9. The third-order valence-electron chi connectivity index (χ3n) is 4.04. The van der Waals surface area contributed by atoms with Gasteiger partial charge in [0.2, 0.25) is 15.9 Å². The number of nitrogens with one attached hydrogen (secondary N) is 1. The minimum Gasteiger partial charge on any atom is -0.467 e. The maximum atomic E-state index is 12.1. The van der Waals surface area contributed by atoms with E-state index in [0.29, 0.717) is 38.5 Å². The van der Waals surface area contributed by atoms with Crippen LogP contribution in [0.1, 0.15) is 18.6 Å². The van der Waals surface area contributed by atoms with Crippen molar-refractivity contribution < 1.29 is 17.6 Å². The highest BCUT2D eigenvalue weighted by Gasteiger charge is 2.40. The normalized spacial score (nSPS) is 20.9. The molecule has 2 fully saturated rings. The van der Waals surface area contributed by atoms with Crippen LogP contribution in [0.2, 0.25) is 0 Å². The first-order chi connectivity index (χ1) is 10.6. The predicted octanol–water partition coefficient (Wildman–Crippen LogP) is 0.00560. The first-order valence-corrected chi connectivity index (χ1v) is 9.06. The molecule has 7 nitrogen and oxygen atoms in total. The molecule has 0 radical (unpaired) electrons. The van der Waals surface area contributed by atoms with Crippen molar-refractivity contribution in [1.29, 1.82) is 0 Å². The molecular weight excluding hydrogens is 306 g/mol. The van der Waals surface area contributed by atoms with Crippen molar-refractivity contribution in [3.63, 3.8) is 0 Å². The lowest BCUT2D eigenvalue weighted by Gasteiger charge is -2.33. The molecule has 0 spiro atoms. The molecule has 8 heteroatoms. The van der Waals surface area contributed by atoms with Gasteiger partial charge in [-0.15, -0.1) is 0 Å². The van der Waals surface area contributed by atoms with Crippen molar-refractivity contribution in [2.75, 3.05) is 32.7 Å². The zero-order valence-corrected chi connectivity index (χ0v) is 13.2. The van der Waals surface area contributed by atoms with E-state index in [0.717, 1.165) is 12.8 Å². The van der Waals surface area contributed by atoms with Crippen molar-refractivity contribution in [1.82, 2.24) is 14.5 Å². The van der Waals surface area contributed by atoms with E-state index in [-0.39, 0.29) is 17.7 Å². The predicted molar refractivity (Wildman–Crippen MR) is 80.5 cm³/mol. The van der Waals surface area contributed by atoms with Gasteiger partial charge in [0.05, 0.1) is 24.6 Å². The molecule has 0 unspecified atom stereocenters. The average molecular weight is 327 g/mol. The minimum atomic E-state index is -3.09. The lowest BCUT2D eigenvalue weighted by molar-refractivity contribution is -0.122. The maximum Gasteiger partial charge on any atom is 0.234 e. The summed E-state index contributed by atoms with van der Waals surface area (Å²) in [5.41, 5.74) is 0. The van der Waals surface area contributed by atoms with E-state index in [1.807, 2.05) is 11.0 Å². The summed E-state index contributed by atoms with van der Waals surface area (Å²) in [7, 11) is -3.09. The van der Waals surface area contributed by atoms with Gasteiger partial charge in [0.1, 0.15) is 5.76 Å². The van der Waals surface area contributed by atoms with Crippen LogP contribution >= 0.6 is 0 Å². The molecular formula is C14H21N3O4S. The van der Waals surface area contributed by atoms with E-state index < -0.39 is 10.0 Å². The van der Waals surface area contributed by atoms with Crippen LogP contribution in [-0.4, -0.2) is 61.5 Å². The molecule has 1 aromatic heterocycles. The van der Waals surface area contributed by atoms with E-state index in [4.69, 9.17) is 4.42 Å². The fourth-order valence-corrected chi connectivity index (χ4v) is 4.40. The van der Waals surface area contributed by atoms with Crippen molar-refractivity contribution in [3.8, 4) is 0 Å². The zero-order valence-electron chi connectivity index (χ0n) is 12.4. The fraction of sp³-hybridized carbons (Fsp3) is 0.643. The number of hydrogen-bond donors (Lipinski definition) is 1. The summed E-state index contributed by atoms with van der Waals surface area (Å²) in [6.07, 6.45) is 3.15. The number of hydrogen-bond acceptors (Lipinski definition) is 5. The first kappa shape index (κ1) is 15.5. The fourth-order valence-electron chi connectivity index (χ4n) is 2.58. The Balaban J connectivity index is 1.41. The molecule has 1 amide bonds. The summed E-state index contributed by atoms with van der Waals surface area (Å²) in [5.74, 6) is 0.642. The average Bonchev–Trinajstić information content (AvgIpc) is 3.24. The van der Waals surface area contributed by atoms with Crippen molar-refractivity contribution in [3.05, 3.63) is 24.2 Å². The van der Waals surface area contributed by atoms with E-state index in [2.05, 4.69) is 5.32 Å². The number of rotatable bonds is 6. The molecule has 0 aromatic carbocycles. The number of sulfonamides is 1. The molecule has 1 aromatic rings. The monoisotopic (exact) mass is 327 g/mol. The minimum absolute atomic E-state index is 0.0742. The Kier molecular flexibility index (Phi) is 4.51. The Hall–Kier alpha value is -1.38. The Labute approximate surface area is 130 Å². The second kappa shape index (κ2) is 6.39. The molecule has 0 atom stereocenters. The molecule has 2 heterocycles. The van der Waals surface area contributed by atoms with Crippen LogP contribution in [0.15, 0.2) is 22.8 Å². The van der Waals surface area contributed by atoms with Crippen LogP contribution in [0.25, 0.3) is 0 Å². The summed E-state index contributed by atoms with van der Waals surface area (Å²) >= 11 is 0. The van der Waals surface area contributed by atoms with Crippen LogP contribution in [0.4, 0.5) is 0 Å². The van der Waals surface area contributed by atoms with Gasteiger partial charge in [-0.05, 0) is 25.0 Å². The molecule has 2 aliphatic rings. The molecule has 1 saturated heterocycles. The van der Waals surface area contributed by atoms with Crippen LogP contribution in [0, 0.1) is 0 Å². The Morgan fingerprint density at radius 2 is 2.00 bits per heavy atom. The number of nitrogens with zero attached hydrogens (tertiary/aromatic N) is 2. The second-order valence-corrected chi connectivity index (χ2v) is 7.99. The molecule has 22 heavy (non-hydrogen) atoms. The van der Waals surface area contributed by atoms with Gasteiger partial charge in [-0.3, -0.25) is 9.69 Å². The molecule has 1 N–H and O–H groups in total. The van der Waals surface area contributed by atoms with Crippen molar-refractivity contribution in [2.45, 2.75) is 24.6 Å². The quantitative estimate of drug-likeness (QED) is 0.795. The summed E-state index contributed by atoms with van der Waals surface area (Å²) < 4.78 is 31.0. The van der Waals surface area contributed by atoms with Gasteiger partial charge in [-0.25, -0.2) is 8.42 Å². The summed E-state index contributed by atoms with van der Waals surface area (Å²) in [5, 5.41) is 2.64. The Morgan fingerprint density at radius 1 is 1.27 bits per heavy atom. The molecule has 1 aliphatic carbocycles. The lowest BCUT2D eigenvalue weighted by Crippen LogP contribution is -2.51. The van der Waals surface area contributed by atoms with Crippen LogP contribution in [-0.2, 0) is 21.4 Å². The number of carbonyl (C=O) groups excluding carboxylic acids is 1. The summed E-state index contributed by atoms with van der Waals surface area (Å²) in [6.45, 7) is 2.81. The highest BCUT2D eigenvalue weighted by atomic mass is 32.2. The standard InChI is InChI=1S/C14H21N3O4S/c18-14(15-10-12-2-1-9-21-12)11-16-5-7-17(8-6-16)22(19,20)13-3-4-13/h1-2,9,13H,3-8,10-11H2,(H,15,18). The molecule has 3 rings (SSSR count). The van der Waals surface area contributed by atoms with Gasteiger partial charge >= 0.3 is 0 Å². The van der Waals surface area contributed by atoms with E-state index in [9.17, 15) is 13.2 Å². The Morgan fingerprint density at radius 3 is 2.59 bits per heavy atom. The number of piperazine rings is 1. The molecule has 0 bridgehead atoms. The van der Waals surface area contributed by atoms with Gasteiger partial charge < -0.3 is 9.73 Å². The largest absolute Gasteiger partial charge is 0.467 e. The smallest absolute Gasteiger partial charge is 0.234 e. The first-order valence-electron chi connectivity index (χ1n) is 7.56. The van der Waals surface area contributed by atoms with Gasteiger partial charge in [0, 0.05) is 26.2 Å². The van der Waals surface area contributed by atoms with Crippen molar-refractivity contribution in [2.24, 2.45) is 0 Å². The summed E-state index contributed by atoms with van der Waals surface area (Å²) in [6, 6.07) is 3.59. The number of carbonyl (C=O) groups is 1. The molecule has 1 aliphatic heterocycles. The SMILES string of the molecule is O=C(CN1CCN(S(=O)(=O)C2CC2)CC1)NCc1ccco1. The maximum absolute atomic E-state index is 12.1. The molecule has 1 saturated carbocycles. The third-order valence-corrected chi connectivity index (χ3v) is 6.44. The van der Waals surface area contributed by atoms with Gasteiger partial charge in [-0.1, -0.05) is 0 Å². The molecule has 122 valence electrons. The van der Waals surface area contributed by atoms with Crippen LogP contribution in [0.5, 0.6) is 0 Å². The third kappa shape index (κ3) is 3.68. The Bertz CT molecular complexity index is 602. The second-order valence-electron chi connectivity index (χ2n) is 5.78. The van der Waals surface area contributed by atoms with E-state index >= 15 is 0 Å². The van der Waals surface area contributed by atoms with E-state index in [1.165, 1.54) is 0 Å². The van der Waals surface area contributed by atoms with Gasteiger partial charge in [-0.2, -0.15) is 4.31 Å². The highest BCUT2D eigenvalue weighted by molar-refractivity contribution is 7.90. The van der Waals surface area contributed by atoms with Crippen LogP contribution in [0.3, 0.4) is 0 Å². The lowest BCUT2D eigenvalue weighted by atomic mass is 10.3.